The first-order valence-electron chi connectivity index (χ1n) is 11.8. The van der Waals surface area contributed by atoms with Gasteiger partial charge in [-0.05, 0) is 67.1 Å². The third kappa shape index (κ3) is 4.64. The molecule has 7 nitrogen and oxygen atoms in total. The van der Waals surface area contributed by atoms with E-state index in [2.05, 4.69) is 11.6 Å². The maximum atomic E-state index is 13.6. The van der Waals surface area contributed by atoms with Gasteiger partial charge in [0.15, 0.2) is 5.13 Å². The molecule has 1 saturated heterocycles. The van der Waals surface area contributed by atoms with Crippen LogP contribution < -0.4 is 14.4 Å². The summed E-state index contributed by atoms with van der Waals surface area (Å²) < 4.78 is 25.6. The fourth-order valence-corrected chi connectivity index (χ4v) is 5.31. The van der Waals surface area contributed by atoms with Gasteiger partial charge in [0, 0.05) is 5.56 Å². The monoisotopic (exact) mass is 530 g/mol. The number of benzene rings is 3. The minimum absolute atomic E-state index is 0.128. The number of thiazole rings is 1. The summed E-state index contributed by atoms with van der Waals surface area (Å²) in [7, 11) is 0. The van der Waals surface area contributed by atoms with E-state index in [1.165, 1.54) is 40.5 Å². The van der Waals surface area contributed by atoms with Crippen molar-refractivity contribution in [1.29, 1.82) is 0 Å². The molecule has 0 radical (unpaired) electrons. The van der Waals surface area contributed by atoms with Crippen LogP contribution in [0.5, 0.6) is 11.5 Å². The average molecular weight is 531 g/mol. The van der Waals surface area contributed by atoms with Crippen LogP contribution in [0.3, 0.4) is 0 Å². The maximum absolute atomic E-state index is 13.6. The molecule has 3 aromatic carbocycles. The smallest absolute Gasteiger partial charge is 0.301 e. The summed E-state index contributed by atoms with van der Waals surface area (Å²) >= 11 is 1.23. The third-order valence-electron chi connectivity index (χ3n) is 5.97. The van der Waals surface area contributed by atoms with Gasteiger partial charge in [-0.3, -0.25) is 14.5 Å². The van der Waals surface area contributed by atoms with E-state index in [9.17, 15) is 19.1 Å². The minimum atomic E-state index is -1.00. The zero-order valence-electron chi connectivity index (χ0n) is 20.4. The number of ether oxygens (including phenoxy) is 2. The molecule has 4 aromatic rings. The Morgan fingerprint density at radius 1 is 1.11 bits per heavy atom. The average Bonchev–Trinajstić information content (AvgIpc) is 3.45. The Kier molecular flexibility index (Phi) is 6.93. The first kappa shape index (κ1) is 25.2. The van der Waals surface area contributed by atoms with Crippen LogP contribution >= 0.6 is 11.3 Å². The summed E-state index contributed by atoms with van der Waals surface area (Å²) in [5.41, 5.74) is 1.25. The highest BCUT2D eigenvalue weighted by Crippen LogP contribution is 2.45. The van der Waals surface area contributed by atoms with Gasteiger partial charge in [-0.25, -0.2) is 9.37 Å². The van der Waals surface area contributed by atoms with Gasteiger partial charge in [0.2, 0.25) is 0 Å². The summed E-state index contributed by atoms with van der Waals surface area (Å²) in [6.45, 7) is 6.30. The fraction of sp³-hybridized carbons (Fsp3) is 0.138. The van der Waals surface area contributed by atoms with Crippen LogP contribution in [-0.4, -0.2) is 35.0 Å². The lowest BCUT2D eigenvalue weighted by atomic mass is 9.95. The molecule has 9 heteroatoms. The zero-order chi connectivity index (χ0) is 26.8. The predicted octanol–water partition coefficient (Wildman–Crippen LogP) is 6.03. The Balaban J connectivity index is 1.68. The lowest BCUT2D eigenvalue weighted by Gasteiger charge is -2.23. The van der Waals surface area contributed by atoms with Crippen LogP contribution in [0.2, 0.25) is 0 Å². The molecular formula is C29H23FN2O5S. The molecule has 1 fully saturated rings. The van der Waals surface area contributed by atoms with Gasteiger partial charge in [0.25, 0.3) is 5.78 Å². The number of amides is 1. The van der Waals surface area contributed by atoms with Crippen LogP contribution in [0.4, 0.5) is 9.52 Å². The zero-order valence-corrected chi connectivity index (χ0v) is 21.2. The minimum Gasteiger partial charge on any atom is -0.507 e. The van der Waals surface area contributed by atoms with Gasteiger partial charge >= 0.3 is 5.91 Å². The summed E-state index contributed by atoms with van der Waals surface area (Å²) in [4.78, 5) is 32.8. The topological polar surface area (TPSA) is 89.0 Å². The highest BCUT2D eigenvalue weighted by Gasteiger charge is 2.48. The van der Waals surface area contributed by atoms with E-state index in [1.54, 1.807) is 42.5 Å². The van der Waals surface area contributed by atoms with Gasteiger partial charge in [0.05, 0.1) is 28.4 Å². The Morgan fingerprint density at radius 3 is 2.61 bits per heavy atom. The Bertz CT molecular complexity index is 1580. The van der Waals surface area contributed by atoms with Crippen LogP contribution in [0.15, 0.2) is 85.0 Å². The van der Waals surface area contributed by atoms with Gasteiger partial charge in [-0.1, -0.05) is 36.1 Å². The number of hydrogen-bond acceptors (Lipinski definition) is 7. The number of aromatic nitrogens is 1. The van der Waals surface area contributed by atoms with Crippen molar-refractivity contribution >= 4 is 44.1 Å². The number of hydrogen-bond donors (Lipinski definition) is 1. The number of rotatable bonds is 8. The van der Waals surface area contributed by atoms with E-state index < -0.39 is 29.3 Å². The first-order valence-corrected chi connectivity index (χ1v) is 12.7. The maximum Gasteiger partial charge on any atom is 0.301 e. The van der Waals surface area contributed by atoms with Gasteiger partial charge in [-0.15, -0.1) is 0 Å². The number of halogens is 1. The molecule has 2 heterocycles. The van der Waals surface area contributed by atoms with Gasteiger partial charge in [-0.2, -0.15) is 0 Å². The Labute approximate surface area is 222 Å². The van der Waals surface area contributed by atoms with Crippen molar-refractivity contribution in [2.45, 2.75) is 13.0 Å². The summed E-state index contributed by atoms with van der Waals surface area (Å²) in [6.07, 6.45) is 1.60. The van der Waals surface area contributed by atoms with Crippen molar-refractivity contribution in [1.82, 2.24) is 4.98 Å². The molecule has 1 N–H and O–H groups in total. The first-order chi connectivity index (χ1) is 18.4. The fourth-order valence-electron chi connectivity index (χ4n) is 4.29. The van der Waals surface area contributed by atoms with Crippen molar-refractivity contribution in [3.8, 4) is 11.5 Å². The van der Waals surface area contributed by atoms with Crippen molar-refractivity contribution < 1.29 is 28.6 Å². The predicted molar refractivity (Wildman–Crippen MR) is 144 cm³/mol. The SMILES string of the molecule is C=CCOc1cccc(C2/C(=C(\O)c3ccc(F)cc3)C(=O)C(=O)N2c2nc3ccc(OCC)cc3s2)c1. The molecular weight excluding hydrogens is 507 g/mol. The lowest BCUT2D eigenvalue weighted by Crippen LogP contribution is -2.29. The molecule has 1 amide bonds. The number of Topliss-reactive ketones (excluding diaryl/α,β-unsaturated/α-hetero) is 1. The van der Waals surface area contributed by atoms with Crippen molar-refractivity contribution in [2.75, 3.05) is 18.1 Å². The highest BCUT2D eigenvalue weighted by atomic mass is 32.1. The number of ketones is 1. The summed E-state index contributed by atoms with van der Waals surface area (Å²) in [5.74, 6) is -1.44. The van der Waals surface area contributed by atoms with E-state index in [-0.39, 0.29) is 22.9 Å². The lowest BCUT2D eigenvalue weighted by molar-refractivity contribution is -0.132. The number of aliphatic hydroxyl groups excluding tert-OH is 1. The van der Waals surface area contributed by atoms with Crippen molar-refractivity contribution in [2.24, 2.45) is 0 Å². The normalized spacial score (nSPS) is 16.7. The highest BCUT2D eigenvalue weighted by molar-refractivity contribution is 7.22. The molecule has 1 aliphatic rings. The Morgan fingerprint density at radius 2 is 1.87 bits per heavy atom. The van der Waals surface area contributed by atoms with Crippen LogP contribution in [-0.2, 0) is 9.59 Å². The molecule has 1 atom stereocenters. The largest absolute Gasteiger partial charge is 0.507 e. The molecule has 1 aliphatic heterocycles. The quantitative estimate of drug-likeness (QED) is 0.130. The van der Waals surface area contributed by atoms with Crippen LogP contribution in [0.1, 0.15) is 24.1 Å². The van der Waals surface area contributed by atoms with E-state index in [1.807, 2.05) is 13.0 Å². The van der Waals surface area contributed by atoms with Crippen LogP contribution in [0.25, 0.3) is 16.0 Å². The molecule has 5 rings (SSSR count). The second-order valence-corrected chi connectivity index (χ2v) is 9.42. The second kappa shape index (κ2) is 10.5. The van der Waals surface area contributed by atoms with E-state index in [0.717, 1.165) is 4.70 Å². The number of carbonyl (C=O) groups excluding carboxylic acids is 2. The molecule has 0 bridgehead atoms. The third-order valence-corrected chi connectivity index (χ3v) is 6.99. The Hall–Kier alpha value is -4.50. The van der Waals surface area contributed by atoms with E-state index >= 15 is 0 Å². The molecule has 38 heavy (non-hydrogen) atoms. The number of carbonyl (C=O) groups is 2. The number of fused-ring (bicyclic) bond motifs is 1. The number of aliphatic hydroxyl groups is 1. The molecule has 1 unspecified atom stereocenters. The number of anilines is 1. The van der Waals surface area contributed by atoms with Crippen molar-refractivity contribution in [3.05, 3.63) is 102 Å². The van der Waals surface area contributed by atoms with E-state index in [4.69, 9.17) is 9.47 Å². The summed E-state index contributed by atoms with van der Waals surface area (Å²) in [5, 5.41) is 11.5. The standard InChI is InChI=1S/C29H23FN2O5S/c1-3-14-37-20-7-5-6-18(15-20)25-24(26(33)17-8-10-19(30)11-9-17)27(34)28(35)32(25)29-31-22-13-12-21(36-4-2)16-23(22)38-29/h3,5-13,15-16,25,33H,1,4,14H2,2H3/b26-24+. The number of nitrogens with zero attached hydrogens (tertiary/aromatic N) is 2. The van der Waals surface area contributed by atoms with Crippen LogP contribution in [0, 0.1) is 5.82 Å². The molecule has 1 aromatic heterocycles. The molecule has 192 valence electrons. The molecule has 0 saturated carbocycles. The second-order valence-electron chi connectivity index (χ2n) is 8.41. The molecule has 0 aliphatic carbocycles. The van der Waals surface area contributed by atoms with Crippen molar-refractivity contribution in [3.63, 3.8) is 0 Å². The van der Waals surface area contributed by atoms with E-state index in [0.29, 0.717) is 29.2 Å². The molecule has 0 spiro atoms. The van der Waals surface area contributed by atoms with Gasteiger partial charge in [0.1, 0.15) is 29.7 Å². The summed E-state index contributed by atoms with van der Waals surface area (Å²) in [6, 6.07) is 16.4. The van der Waals surface area contributed by atoms with Gasteiger partial charge < -0.3 is 14.6 Å².